The Kier molecular flexibility index (Phi) is 56.0. The fourth-order valence-corrected chi connectivity index (χ4v) is 9.21. The molecule has 3 N–H and O–H groups in total. The van der Waals surface area contributed by atoms with Crippen molar-refractivity contribution in [3.05, 3.63) is 36.5 Å². The molecule has 0 bridgehead atoms. The van der Waals surface area contributed by atoms with Gasteiger partial charge in [-0.05, 0) is 89.9 Å². The van der Waals surface area contributed by atoms with Crippen LogP contribution in [0, 0.1) is 0 Å². The zero-order chi connectivity index (χ0) is 49.3. The third-order valence-electron chi connectivity index (χ3n) is 13.9. The van der Waals surface area contributed by atoms with Crippen molar-refractivity contribution >= 4 is 11.9 Å². The van der Waals surface area contributed by atoms with Gasteiger partial charge in [-0.1, -0.05) is 256 Å². The van der Waals surface area contributed by atoms with Crippen LogP contribution in [0.5, 0.6) is 0 Å². The van der Waals surface area contributed by atoms with Crippen molar-refractivity contribution in [2.75, 3.05) is 13.2 Å². The SMILES string of the molecule is CCCCCCCCC/C=C\CCCCCCCC(=O)OCCCCC/C=C\CCCCCCCC(=O)NC(CO)C(O)/C=C/CCCCCCCCCCCCCCCCCCCCCCC. The first-order chi connectivity index (χ1) is 33.5. The van der Waals surface area contributed by atoms with Crippen LogP contribution in [0.15, 0.2) is 36.5 Å². The second-order valence-corrected chi connectivity index (χ2v) is 20.7. The molecular formula is C62H117NO5. The Morgan fingerprint density at radius 3 is 1.04 bits per heavy atom. The molecule has 2 atom stereocenters. The molecule has 0 aliphatic carbocycles. The van der Waals surface area contributed by atoms with E-state index in [1.165, 1.54) is 212 Å². The third-order valence-corrected chi connectivity index (χ3v) is 13.9. The van der Waals surface area contributed by atoms with E-state index in [-0.39, 0.29) is 18.5 Å². The van der Waals surface area contributed by atoms with Crippen molar-refractivity contribution in [1.29, 1.82) is 0 Å². The average molecular weight is 957 g/mol. The summed E-state index contributed by atoms with van der Waals surface area (Å²) in [5.74, 6) is -0.123. The quantitative estimate of drug-likeness (QED) is 0.0321. The van der Waals surface area contributed by atoms with Crippen molar-refractivity contribution in [1.82, 2.24) is 5.32 Å². The molecule has 0 aromatic carbocycles. The largest absolute Gasteiger partial charge is 0.466 e. The molecule has 400 valence electrons. The van der Waals surface area contributed by atoms with Gasteiger partial charge in [-0.25, -0.2) is 0 Å². The third kappa shape index (κ3) is 53.4. The monoisotopic (exact) mass is 956 g/mol. The lowest BCUT2D eigenvalue weighted by molar-refractivity contribution is -0.143. The second-order valence-electron chi connectivity index (χ2n) is 20.7. The van der Waals surface area contributed by atoms with Gasteiger partial charge in [0, 0.05) is 12.8 Å². The molecule has 0 saturated carbocycles. The summed E-state index contributed by atoms with van der Waals surface area (Å²) < 4.78 is 5.45. The Balaban J connectivity index is 3.53. The summed E-state index contributed by atoms with van der Waals surface area (Å²) >= 11 is 0. The molecule has 0 aromatic rings. The van der Waals surface area contributed by atoms with Crippen LogP contribution >= 0.6 is 0 Å². The first-order valence-corrected chi connectivity index (χ1v) is 30.3. The molecule has 6 heteroatoms. The molecule has 0 aliphatic rings. The van der Waals surface area contributed by atoms with Crippen LogP contribution in [0.2, 0.25) is 0 Å². The van der Waals surface area contributed by atoms with Crippen molar-refractivity contribution < 1.29 is 24.5 Å². The lowest BCUT2D eigenvalue weighted by atomic mass is 10.0. The van der Waals surface area contributed by atoms with Gasteiger partial charge >= 0.3 is 5.97 Å². The molecule has 0 saturated heterocycles. The van der Waals surface area contributed by atoms with Gasteiger partial charge in [0.1, 0.15) is 0 Å². The molecule has 6 nitrogen and oxygen atoms in total. The van der Waals surface area contributed by atoms with Crippen LogP contribution in [0.4, 0.5) is 0 Å². The van der Waals surface area contributed by atoms with E-state index in [2.05, 4.69) is 43.5 Å². The maximum absolute atomic E-state index is 12.5. The number of aliphatic hydroxyl groups excluding tert-OH is 2. The minimum absolute atomic E-state index is 0.0313. The Morgan fingerprint density at radius 1 is 0.397 bits per heavy atom. The topological polar surface area (TPSA) is 95.9 Å². The predicted molar refractivity (Wildman–Crippen MR) is 296 cm³/mol. The second kappa shape index (κ2) is 57.7. The van der Waals surface area contributed by atoms with Gasteiger partial charge in [0.25, 0.3) is 0 Å². The van der Waals surface area contributed by atoms with Crippen molar-refractivity contribution in [3.63, 3.8) is 0 Å². The van der Waals surface area contributed by atoms with Gasteiger partial charge in [0.2, 0.25) is 5.91 Å². The van der Waals surface area contributed by atoms with E-state index in [9.17, 15) is 19.8 Å². The van der Waals surface area contributed by atoms with Crippen LogP contribution in [-0.4, -0.2) is 47.4 Å². The predicted octanol–water partition coefficient (Wildman–Crippen LogP) is 18.8. The number of nitrogens with one attached hydrogen (secondary N) is 1. The minimum Gasteiger partial charge on any atom is -0.466 e. The number of hydrogen-bond acceptors (Lipinski definition) is 5. The first-order valence-electron chi connectivity index (χ1n) is 30.3. The number of amides is 1. The van der Waals surface area contributed by atoms with Crippen molar-refractivity contribution in [2.45, 2.75) is 334 Å². The van der Waals surface area contributed by atoms with Gasteiger partial charge in [0.05, 0.1) is 25.4 Å². The van der Waals surface area contributed by atoms with Gasteiger partial charge in [0.15, 0.2) is 0 Å². The van der Waals surface area contributed by atoms with E-state index < -0.39 is 12.1 Å². The first kappa shape index (κ1) is 66.1. The van der Waals surface area contributed by atoms with Crippen LogP contribution in [0.1, 0.15) is 322 Å². The summed E-state index contributed by atoms with van der Waals surface area (Å²) in [5.41, 5.74) is 0. The lowest BCUT2D eigenvalue weighted by Gasteiger charge is -2.20. The number of carbonyl (C=O) groups is 2. The van der Waals surface area contributed by atoms with Gasteiger partial charge in [-0.2, -0.15) is 0 Å². The summed E-state index contributed by atoms with van der Waals surface area (Å²) in [6.45, 7) is 4.85. The summed E-state index contributed by atoms with van der Waals surface area (Å²) in [6.07, 6.45) is 71.7. The standard InChI is InChI=1S/C62H117NO5/c1-3-5-7-9-11-13-15-17-19-21-22-23-24-25-26-27-28-30-34-38-42-46-50-54-60(65)59(58-64)63-61(66)55-51-47-43-39-35-32-33-37-41-45-49-53-57-68-62(67)56-52-48-44-40-36-31-29-20-18-16-14-12-10-8-6-4-2/h20,29,33,37,50,54,59-60,64-65H,3-19,21-28,30-32,34-36,38-49,51-53,55-58H2,1-2H3,(H,63,66)/b29-20-,37-33-,54-50+. The summed E-state index contributed by atoms with van der Waals surface area (Å²) in [4.78, 5) is 24.5. The molecule has 0 heterocycles. The van der Waals surface area contributed by atoms with Gasteiger partial charge in [-0.15, -0.1) is 0 Å². The maximum Gasteiger partial charge on any atom is 0.305 e. The number of rotatable bonds is 56. The van der Waals surface area contributed by atoms with Crippen LogP contribution in [0.25, 0.3) is 0 Å². The molecule has 0 rings (SSSR count). The molecule has 68 heavy (non-hydrogen) atoms. The number of aliphatic hydroxyl groups is 2. The van der Waals surface area contributed by atoms with E-state index in [1.54, 1.807) is 6.08 Å². The fourth-order valence-electron chi connectivity index (χ4n) is 9.21. The highest BCUT2D eigenvalue weighted by Crippen LogP contribution is 2.17. The van der Waals surface area contributed by atoms with Gasteiger partial charge in [-0.3, -0.25) is 9.59 Å². The minimum atomic E-state index is -0.863. The highest BCUT2D eigenvalue weighted by molar-refractivity contribution is 5.76. The normalized spacial score (nSPS) is 12.8. The van der Waals surface area contributed by atoms with E-state index in [4.69, 9.17) is 4.74 Å². The summed E-state index contributed by atoms with van der Waals surface area (Å²) in [5, 5.41) is 23.2. The zero-order valence-corrected chi connectivity index (χ0v) is 45.6. The highest BCUT2D eigenvalue weighted by Gasteiger charge is 2.18. The van der Waals surface area contributed by atoms with Crippen molar-refractivity contribution in [3.8, 4) is 0 Å². The molecule has 1 amide bonds. The lowest BCUT2D eigenvalue weighted by Crippen LogP contribution is -2.45. The van der Waals surface area contributed by atoms with E-state index in [0.29, 0.717) is 19.4 Å². The molecule has 0 radical (unpaired) electrons. The number of allylic oxidation sites excluding steroid dienone is 5. The van der Waals surface area contributed by atoms with Crippen LogP contribution < -0.4 is 5.32 Å². The Bertz CT molecular complexity index is 1100. The maximum atomic E-state index is 12.5. The van der Waals surface area contributed by atoms with E-state index in [1.807, 2.05) is 6.08 Å². The Labute approximate surface area is 424 Å². The number of esters is 1. The number of carbonyl (C=O) groups excluding carboxylic acids is 2. The van der Waals surface area contributed by atoms with Crippen molar-refractivity contribution in [2.24, 2.45) is 0 Å². The van der Waals surface area contributed by atoms with Crippen LogP contribution in [-0.2, 0) is 14.3 Å². The molecule has 0 fully saturated rings. The molecular weight excluding hydrogens is 839 g/mol. The molecule has 0 aliphatic heterocycles. The van der Waals surface area contributed by atoms with E-state index >= 15 is 0 Å². The molecule has 0 spiro atoms. The molecule has 2 unspecified atom stereocenters. The Morgan fingerprint density at radius 2 is 0.691 bits per heavy atom. The Hall–Kier alpha value is -1.92. The highest BCUT2D eigenvalue weighted by atomic mass is 16.5. The summed E-state index contributed by atoms with van der Waals surface area (Å²) in [7, 11) is 0. The number of hydrogen-bond donors (Lipinski definition) is 3. The molecule has 0 aromatic heterocycles. The zero-order valence-electron chi connectivity index (χ0n) is 45.6. The number of unbranched alkanes of at least 4 members (excludes halogenated alkanes) is 41. The van der Waals surface area contributed by atoms with Crippen LogP contribution in [0.3, 0.4) is 0 Å². The number of ether oxygens (including phenoxy) is 1. The van der Waals surface area contributed by atoms with Gasteiger partial charge < -0.3 is 20.3 Å². The average Bonchev–Trinajstić information content (AvgIpc) is 3.34. The summed E-state index contributed by atoms with van der Waals surface area (Å²) in [6, 6.07) is -0.648. The van der Waals surface area contributed by atoms with E-state index in [0.717, 1.165) is 83.5 Å². The smallest absolute Gasteiger partial charge is 0.305 e. The fraction of sp³-hybridized carbons (Fsp3) is 0.871.